The van der Waals surface area contributed by atoms with Crippen molar-refractivity contribution >= 4 is 23.2 Å². The van der Waals surface area contributed by atoms with E-state index in [0.717, 1.165) is 31.4 Å². The van der Waals surface area contributed by atoms with Gasteiger partial charge in [-0.05, 0) is 62.6 Å². The first-order chi connectivity index (χ1) is 13.6. The van der Waals surface area contributed by atoms with Crippen molar-refractivity contribution in [2.45, 2.75) is 39.3 Å². The Bertz CT molecular complexity index is 738. The number of ether oxygens (including phenoxy) is 2. The molecule has 2 rings (SSSR count). The Hall–Kier alpha value is -1.53. The van der Waals surface area contributed by atoms with Gasteiger partial charge in [0.1, 0.15) is 12.4 Å². The fraction of sp³-hybridized carbons (Fsp3) is 0.429. The van der Waals surface area contributed by atoms with Crippen LogP contribution in [0.2, 0.25) is 10.0 Å². The third-order valence-corrected chi connectivity index (χ3v) is 4.77. The molecule has 0 bridgehead atoms. The minimum Gasteiger partial charge on any atom is -0.490 e. The molecule has 0 spiro atoms. The average molecular weight is 430 g/mol. The highest BCUT2D eigenvalue weighted by Gasteiger charge is 2.15. The van der Waals surface area contributed by atoms with Crippen LogP contribution in [0.25, 0.3) is 0 Å². The lowest BCUT2D eigenvalue weighted by Gasteiger charge is -2.16. The Morgan fingerprint density at radius 2 is 1.89 bits per heavy atom. The van der Waals surface area contributed by atoms with Gasteiger partial charge in [0.2, 0.25) is 0 Å². The van der Waals surface area contributed by atoms with Gasteiger partial charge in [0, 0.05) is 18.7 Å². The van der Waals surface area contributed by atoms with Gasteiger partial charge in [-0.15, -0.1) is 0 Å². The summed E-state index contributed by atoms with van der Waals surface area (Å²) in [5, 5.41) is 12.8. The number of halogens is 3. The van der Waals surface area contributed by atoms with E-state index in [2.05, 4.69) is 5.32 Å². The van der Waals surface area contributed by atoms with E-state index in [0.29, 0.717) is 34.7 Å². The van der Waals surface area contributed by atoms with Crippen LogP contribution in [0.5, 0.6) is 11.5 Å². The summed E-state index contributed by atoms with van der Waals surface area (Å²) < 4.78 is 25.4. The number of hydrogen-bond acceptors (Lipinski definition) is 4. The van der Waals surface area contributed by atoms with Gasteiger partial charge in [-0.3, -0.25) is 0 Å². The smallest absolute Gasteiger partial charge is 0.180 e. The predicted octanol–water partition coefficient (Wildman–Crippen LogP) is 5.36. The summed E-state index contributed by atoms with van der Waals surface area (Å²) in [6.45, 7) is 3.99. The summed E-state index contributed by atoms with van der Waals surface area (Å²) in [6.07, 6.45) is 2.80. The lowest BCUT2D eigenvalue weighted by molar-refractivity contribution is 0.266. The summed E-state index contributed by atoms with van der Waals surface area (Å²) in [4.78, 5) is 0. The van der Waals surface area contributed by atoms with Gasteiger partial charge < -0.3 is 19.9 Å². The predicted molar refractivity (Wildman–Crippen MR) is 111 cm³/mol. The first-order valence-corrected chi connectivity index (χ1v) is 10.1. The fourth-order valence-electron chi connectivity index (χ4n) is 2.71. The highest BCUT2D eigenvalue weighted by atomic mass is 35.5. The SMILES string of the molecule is CCOc1cc(CNCCCCCO)cc(Cl)c1OCc1c(F)cccc1Cl. The Balaban J connectivity index is 2.05. The van der Waals surface area contributed by atoms with E-state index in [1.54, 1.807) is 12.1 Å². The molecule has 0 aromatic heterocycles. The molecule has 0 saturated carbocycles. The summed E-state index contributed by atoms with van der Waals surface area (Å²) >= 11 is 12.5. The zero-order valence-electron chi connectivity index (χ0n) is 15.9. The first-order valence-electron chi connectivity index (χ1n) is 9.39. The summed E-state index contributed by atoms with van der Waals surface area (Å²) in [7, 11) is 0. The van der Waals surface area contributed by atoms with E-state index in [-0.39, 0.29) is 18.8 Å². The number of nitrogens with one attached hydrogen (secondary N) is 1. The van der Waals surface area contributed by atoms with E-state index >= 15 is 0 Å². The number of unbranched alkanes of at least 4 members (excludes halogenated alkanes) is 2. The van der Waals surface area contributed by atoms with Crippen molar-refractivity contribution in [2.24, 2.45) is 0 Å². The second-order valence-corrected chi connectivity index (χ2v) is 7.10. The molecule has 2 aromatic rings. The van der Waals surface area contributed by atoms with E-state index in [1.165, 1.54) is 6.07 Å². The summed E-state index contributed by atoms with van der Waals surface area (Å²) in [5.74, 6) is 0.456. The van der Waals surface area contributed by atoms with Crippen molar-refractivity contribution in [3.8, 4) is 11.5 Å². The monoisotopic (exact) mass is 429 g/mol. The first kappa shape index (κ1) is 22.8. The molecule has 0 unspecified atom stereocenters. The van der Waals surface area contributed by atoms with E-state index in [1.807, 2.05) is 19.1 Å². The van der Waals surface area contributed by atoms with Crippen LogP contribution in [0.15, 0.2) is 30.3 Å². The van der Waals surface area contributed by atoms with Crippen molar-refractivity contribution in [1.82, 2.24) is 5.32 Å². The molecule has 0 fully saturated rings. The van der Waals surface area contributed by atoms with Gasteiger partial charge in [0.05, 0.1) is 16.7 Å². The molecule has 0 amide bonds. The maximum atomic E-state index is 14.0. The van der Waals surface area contributed by atoms with Gasteiger partial charge >= 0.3 is 0 Å². The van der Waals surface area contributed by atoms with Crippen LogP contribution in [0, 0.1) is 5.82 Å². The molecular formula is C21H26Cl2FNO3. The molecule has 7 heteroatoms. The maximum Gasteiger partial charge on any atom is 0.180 e. The highest BCUT2D eigenvalue weighted by molar-refractivity contribution is 6.32. The van der Waals surface area contributed by atoms with Crippen LogP contribution in [0.4, 0.5) is 4.39 Å². The molecule has 0 aliphatic rings. The van der Waals surface area contributed by atoms with Gasteiger partial charge in [0.15, 0.2) is 11.5 Å². The van der Waals surface area contributed by atoms with Crippen molar-refractivity contribution in [1.29, 1.82) is 0 Å². The van der Waals surface area contributed by atoms with E-state index in [4.69, 9.17) is 37.8 Å². The van der Waals surface area contributed by atoms with E-state index < -0.39 is 5.82 Å². The molecule has 0 saturated heterocycles. The van der Waals surface area contributed by atoms with Gasteiger partial charge in [-0.25, -0.2) is 4.39 Å². The zero-order chi connectivity index (χ0) is 20.4. The third kappa shape index (κ3) is 6.82. The summed E-state index contributed by atoms with van der Waals surface area (Å²) in [5.41, 5.74) is 1.24. The summed E-state index contributed by atoms with van der Waals surface area (Å²) in [6, 6.07) is 8.18. The number of aliphatic hydroxyl groups excluding tert-OH is 1. The Labute approximate surface area is 175 Å². The van der Waals surface area contributed by atoms with Gasteiger partial charge in [0.25, 0.3) is 0 Å². The standard InChI is InChI=1S/C21H26Cl2FNO3/c1-2-27-20-12-15(13-25-9-4-3-5-10-26)11-18(23)21(20)28-14-16-17(22)7-6-8-19(16)24/h6-8,11-12,25-26H,2-5,9-10,13-14H2,1H3. The molecule has 2 aromatic carbocycles. The van der Waals surface area contributed by atoms with Crippen molar-refractivity contribution in [3.63, 3.8) is 0 Å². The molecule has 0 aliphatic carbocycles. The molecule has 4 nitrogen and oxygen atoms in total. The van der Waals surface area contributed by atoms with Crippen LogP contribution in [0.3, 0.4) is 0 Å². The van der Waals surface area contributed by atoms with Crippen LogP contribution in [0.1, 0.15) is 37.3 Å². The highest BCUT2D eigenvalue weighted by Crippen LogP contribution is 2.37. The second kappa shape index (κ2) is 12.1. The van der Waals surface area contributed by atoms with Crippen LogP contribution >= 0.6 is 23.2 Å². The quantitative estimate of drug-likeness (QED) is 0.445. The number of hydrogen-bond donors (Lipinski definition) is 2. The number of aliphatic hydroxyl groups is 1. The topological polar surface area (TPSA) is 50.7 Å². The Kier molecular flexibility index (Phi) is 9.85. The van der Waals surface area contributed by atoms with E-state index in [9.17, 15) is 4.39 Å². The average Bonchev–Trinajstić information content (AvgIpc) is 2.66. The lowest BCUT2D eigenvalue weighted by Crippen LogP contribution is -2.15. The Morgan fingerprint density at radius 1 is 1.07 bits per heavy atom. The molecule has 154 valence electrons. The van der Waals surface area contributed by atoms with Crippen LogP contribution in [-0.2, 0) is 13.2 Å². The van der Waals surface area contributed by atoms with Crippen molar-refractivity contribution < 1.29 is 19.0 Å². The van der Waals surface area contributed by atoms with Gasteiger partial charge in [-0.1, -0.05) is 29.3 Å². The maximum absolute atomic E-state index is 14.0. The molecule has 0 heterocycles. The fourth-order valence-corrected chi connectivity index (χ4v) is 3.22. The minimum absolute atomic E-state index is 0.0479. The second-order valence-electron chi connectivity index (χ2n) is 6.29. The molecule has 2 N–H and O–H groups in total. The van der Waals surface area contributed by atoms with Gasteiger partial charge in [-0.2, -0.15) is 0 Å². The third-order valence-electron chi connectivity index (χ3n) is 4.13. The largest absolute Gasteiger partial charge is 0.490 e. The zero-order valence-corrected chi connectivity index (χ0v) is 17.5. The molecule has 0 aliphatic heterocycles. The normalized spacial score (nSPS) is 10.9. The molecule has 28 heavy (non-hydrogen) atoms. The minimum atomic E-state index is -0.427. The van der Waals surface area contributed by atoms with Crippen LogP contribution < -0.4 is 14.8 Å². The van der Waals surface area contributed by atoms with Crippen molar-refractivity contribution in [3.05, 3.63) is 57.3 Å². The number of rotatable bonds is 12. The number of benzene rings is 2. The molecule has 0 radical (unpaired) electrons. The van der Waals surface area contributed by atoms with Crippen molar-refractivity contribution in [2.75, 3.05) is 19.8 Å². The Morgan fingerprint density at radius 3 is 2.61 bits per heavy atom. The molecular weight excluding hydrogens is 404 g/mol. The molecule has 0 atom stereocenters. The van der Waals surface area contributed by atoms with Crippen LogP contribution in [-0.4, -0.2) is 24.9 Å². The lowest BCUT2D eigenvalue weighted by atomic mass is 10.2.